The summed E-state index contributed by atoms with van der Waals surface area (Å²) in [6.45, 7) is 0. The van der Waals surface area contributed by atoms with Crippen LogP contribution in [0.2, 0.25) is 0 Å². The number of aromatic hydroxyl groups is 1. The summed E-state index contributed by atoms with van der Waals surface area (Å²) in [5, 5.41) is 9.93. The molecule has 1 aromatic rings. The fourth-order valence-electron chi connectivity index (χ4n) is 1.13. The number of hydrogen-bond donors (Lipinski definition) is 1. The smallest absolute Gasteiger partial charge is 0.165 e. The third-order valence-corrected chi connectivity index (χ3v) is 2.29. The predicted molar refractivity (Wildman–Crippen MR) is 53.8 cm³/mol. The van der Waals surface area contributed by atoms with Crippen molar-refractivity contribution in [3.63, 3.8) is 0 Å². The van der Waals surface area contributed by atoms with Crippen LogP contribution in [0.3, 0.4) is 0 Å². The van der Waals surface area contributed by atoms with E-state index in [1.807, 2.05) is 0 Å². The van der Waals surface area contributed by atoms with Gasteiger partial charge in [0.25, 0.3) is 0 Å². The maximum atomic E-state index is 9.32. The van der Waals surface area contributed by atoms with Crippen LogP contribution in [0.25, 0.3) is 0 Å². The molecule has 0 aromatic heterocycles. The van der Waals surface area contributed by atoms with Gasteiger partial charge in [-0.3, -0.25) is 0 Å². The zero-order valence-electron chi connectivity index (χ0n) is 7.50. The Morgan fingerprint density at radius 3 is 2.46 bits per heavy atom. The summed E-state index contributed by atoms with van der Waals surface area (Å²) in [6, 6.07) is 3.15. The van der Waals surface area contributed by atoms with E-state index in [1.165, 1.54) is 13.2 Å². The molecule has 1 N–H and O–H groups in total. The van der Waals surface area contributed by atoms with Crippen LogP contribution >= 0.6 is 15.9 Å². The summed E-state index contributed by atoms with van der Waals surface area (Å²) in [7, 11) is 3.11. The van der Waals surface area contributed by atoms with Crippen molar-refractivity contribution in [2.75, 3.05) is 14.2 Å². The molecule has 0 spiro atoms. The summed E-state index contributed by atoms with van der Waals surface area (Å²) < 4.78 is 10.2. The highest BCUT2D eigenvalue weighted by atomic mass is 79.9. The van der Waals surface area contributed by atoms with E-state index < -0.39 is 0 Å². The van der Waals surface area contributed by atoms with E-state index in [-0.39, 0.29) is 5.75 Å². The number of alkyl halides is 1. The Labute approximate surface area is 85.4 Å². The van der Waals surface area contributed by atoms with E-state index in [4.69, 9.17) is 9.47 Å². The number of methoxy groups -OCH3 is 2. The van der Waals surface area contributed by atoms with Gasteiger partial charge < -0.3 is 14.6 Å². The molecule has 4 heteroatoms. The monoisotopic (exact) mass is 246 g/mol. The van der Waals surface area contributed by atoms with E-state index >= 15 is 0 Å². The van der Waals surface area contributed by atoms with Crippen LogP contribution in [0.1, 0.15) is 5.56 Å². The van der Waals surface area contributed by atoms with E-state index in [1.54, 1.807) is 13.2 Å². The van der Waals surface area contributed by atoms with Crippen LogP contribution in [0.15, 0.2) is 12.1 Å². The summed E-state index contributed by atoms with van der Waals surface area (Å²) in [6.07, 6.45) is 0. The van der Waals surface area contributed by atoms with Gasteiger partial charge in [0.1, 0.15) is 5.75 Å². The van der Waals surface area contributed by atoms with Crippen LogP contribution in [-0.4, -0.2) is 19.3 Å². The van der Waals surface area contributed by atoms with Crippen molar-refractivity contribution in [3.05, 3.63) is 17.7 Å². The molecule has 13 heavy (non-hydrogen) atoms. The Bertz CT molecular complexity index is 274. The lowest BCUT2D eigenvalue weighted by atomic mass is 10.2. The normalized spacial score (nSPS) is 9.77. The highest BCUT2D eigenvalue weighted by molar-refractivity contribution is 9.08. The van der Waals surface area contributed by atoms with E-state index in [0.717, 1.165) is 5.56 Å². The fourth-order valence-corrected chi connectivity index (χ4v) is 1.54. The van der Waals surface area contributed by atoms with E-state index in [0.29, 0.717) is 16.8 Å². The fraction of sp³-hybridized carbons (Fsp3) is 0.333. The molecular weight excluding hydrogens is 236 g/mol. The molecule has 0 aliphatic carbocycles. The minimum Gasteiger partial charge on any atom is -0.508 e. The lowest BCUT2D eigenvalue weighted by Crippen LogP contribution is -1.94. The Hall–Kier alpha value is -0.900. The van der Waals surface area contributed by atoms with Gasteiger partial charge >= 0.3 is 0 Å². The molecule has 72 valence electrons. The molecule has 1 aromatic carbocycles. The van der Waals surface area contributed by atoms with Gasteiger partial charge in [0.15, 0.2) is 11.5 Å². The lowest BCUT2D eigenvalue weighted by Gasteiger charge is -2.11. The Kier molecular flexibility index (Phi) is 3.42. The van der Waals surface area contributed by atoms with Crippen LogP contribution < -0.4 is 9.47 Å². The second kappa shape index (κ2) is 4.37. The van der Waals surface area contributed by atoms with E-state index in [2.05, 4.69) is 15.9 Å². The van der Waals surface area contributed by atoms with Crippen molar-refractivity contribution in [2.45, 2.75) is 5.33 Å². The standard InChI is InChI=1S/C9H11BrO3/c1-12-8-4-7(11)3-6(5-10)9(8)13-2/h3-4,11H,5H2,1-2H3. The molecule has 0 fully saturated rings. The van der Waals surface area contributed by atoms with E-state index in [9.17, 15) is 5.11 Å². The predicted octanol–water partition coefficient (Wildman–Crippen LogP) is 2.30. The molecule has 0 radical (unpaired) electrons. The number of hydrogen-bond acceptors (Lipinski definition) is 3. The Balaban J connectivity index is 3.25. The molecule has 0 unspecified atom stereocenters. The summed E-state index contributed by atoms with van der Waals surface area (Å²) in [5.41, 5.74) is 0.861. The quantitative estimate of drug-likeness (QED) is 0.833. The number of phenolic OH excluding ortho intramolecular Hbond substituents is 1. The minimum atomic E-state index is 0.173. The van der Waals surface area contributed by atoms with Crippen LogP contribution in [0.5, 0.6) is 17.2 Å². The molecule has 1 rings (SSSR count). The highest BCUT2D eigenvalue weighted by Gasteiger charge is 2.10. The molecule has 0 atom stereocenters. The number of ether oxygens (including phenoxy) is 2. The van der Waals surface area contributed by atoms with Gasteiger partial charge in [-0.15, -0.1) is 0 Å². The van der Waals surface area contributed by atoms with Crippen LogP contribution in [0, 0.1) is 0 Å². The molecule has 0 amide bonds. The van der Waals surface area contributed by atoms with Crippen LogP contribution in [0.4, 0.5) is 0 Å². The third kappa shape index (κ3) is 2.06. The van der Waals surface area contributed by atoms with Crippen molar-refractivity contribution >= 4 is 15.9 Å². The maximum Gasteiger partial charge on any atom is 0.165 e. The Morgan fingerprint density at radius 2 is 2.00 bits per heavy atom. The SMILES string of the molecule is COc1cc(O)cc(CBr)c1OC. The van der Waals surface area contributed by atoms with Crippen molar-refractivity contribution in [3.8, 4) is 17.2 Å². The van der Waals surface area contributed by atoms with Gasteiger partial charge in [-0.25, -0.2) is 0 Å². The van der Waals surface area contributed by atoms with Crippen molar-refractivity contribution in [2.24, 2.45) is 0 Å². The molecule has 0 saturated carbocycles. The number of phenols is 1. The molecule has 0 bridgehead atoms. The minimum absolute atomic E-state index is 0.173. The topological polar surface area (TPSA) is 38.7 Å². The molecule has 3 nitrogen and oxygen atoms in total. The third-order valence-electron chi connectivity index (χ3n) is 1.68. The average molecular weight is 247 g/mol. The zero-order chi connectivity index (χ0) is 9.84. The second-order valence-corrected chi connectivity index (χ2v) is 3.03. The first kappa shape index (κ1) is 10.2. The largest absolute Gasteiger partial charge is 0.508 e. The first-order chi connectivity index (χ1) is 6.22. The first-order valence-corrected chi connectivity index (χ1v) is 4.85. The first-order valence-electron chi connectivity index (χ1n) is 3.72. The van der Waals surface area contributed by atoms with Gasteiger partial charge in [0, 0.05) is 17.0 Å². The molecular formula is C9H11BrO3. The van der Waals surface area contributed by atoms with Gasteiger partial charge in [-0.2, -0.15) is 0 Å². The number of benzene rings is 1. The summed E-state index contributed by atoms with van der Waals surface area (Å²) >= 11 is 3.30. The summed E-state index contributed by atoms with van der Waals surface area (Å²) in [4.78, 5) is 0. The van der Waals surface area contributed by atoms with Gasteiger partial charge in [-0.1, -0.05) is 15.9 Å². The molecule has 0 aliphatic heterocycles. The zero-order valence-corrected chi connectivity index (χ0v) is 9.09. The molecule has 0 aliphatic rings. The van der Waals surface area contributed by atoms with Gasteiger partial charge in [0.05, 0.1) is 14.2 Å². The van der Waals surface area contributed by atoms with Crippen molar-refractivity contribution in [1.29, 1.82) is 0 Å². The summed E-state index contributed by atoms with van der Waals surface area (Å²) in [5.74, 6) is 1.36. The van der Waals surface area contributed by atoms with Crippen LogP contribution in [-0.2, 0) is 5.33 Å². The molecule has 0 saturated heterocycles. The van der Waals surface area contributed by atoms with Gasteiger partial charge in [0.2, 0.25) is 0 Å². The van der Waals surface area contributed by atoms with Crippen molar-refractivity contribution < 1.29 is 14.6 Å². The Morgan fingerprint density at radius 1 is 1.31 bits per heavy atom. The maximum absolute atomic E-state index is 9.32. The lowest BCUT2D eigenvalue weighted by molar-refractivity contribution is 0.349. The van der Waals surface area contributed by atoms with Gasteiger partial charge in [-0.05, 0) is 6.07 Å². The molecule has 0 heterocycles. The average Bonchev–Trinajstić information content (AvgIpc) is 2.16. The number of halogens is 1. The highest BCUT2D eigenvalue weighted by Crippen LogP contribution is 2.35. The van der Waals surface area contributed by atoms with Crippen molar-refractivity contribution in [1.82, 2.24) is 0 Å². The number of rotatable bonds is 3. The second-order valence-electron chi connectivity index (χ2n) is 2.47.